The number of fused-ring (bicyclic) bond motifs is 3. The van der Waals surface area contributed by atoms with Crippen molar-refractivity contribution in [1.82, 2.24) is 4.57 Å². The fourth-order valence-corrected chi connectivity index (χ4v) is 3.01. The molecule has 2 heterocycles. The number of para-hydroxylation sites is 1. The minimum absolute atomic E-state index is 0.307. The molecule has 1 fully saturated rings. The molecule has 0 bridgehead atoms. The van der Waals surface area contributed by atoms with Crippen molar-refractivity contribution in [2.75, 3.05) is 20.3 Å². The lowest BCUT2D eigenvalue weighted by Gasteiger charge is -2.29. The van der Waals surface area contributed by atoms with Gasteiger partial charge in [-0.1, -0.05) is 24.3 Å². The van der Waals surface area contributed by atoms with Crippen LogP contribution in [0.3, 0.4) is 0 Å². The summed E-state index contributed by atoms with van der Waals surface area (Å²) in [7, 11) is 1.40. The maximum absolute atomic E-state index is 11.8. The number of hydrogen-bond donors (Lipinski definition) is 0. The summed E-state index contributed by atoms with van der Waals surface area (Å²) >= 11 is 0. The van der Waals surface area contributed by atoms with E-state index < -0.39 is 0 Å². The summed E-state index contributed by atoms with van der Waals surface area (Å²) in [5.74, 6) is -0.307. The van der Waals surface area contributed by atoms with Gasteiger partial charge >= 0.3 is 5.97 Å². The molecule has 21 heavy (non-hydrogen) atoms. The van der Waals surface area contributed by atoms with Gasteiger partial charge in [0.15, 0.2) is 0 Å². The van der Waals surface area contributed by atoms with Crippen molar-refractivity contribution in [3.05, 3.63) is 48.0 Å². The molecule has 1 aromatic heterocycles. The highest BCUT2D eigenvalue weighted by Gasteiger charge is 2.25. The van der Waals surface area contributed by atoms with Crippen LogP contribution >= 0.6 is 0 Å². The lowest BCUT2D eigenvalue weighted by Crippen LogP contribution is -2.30. The average molecular weight is 281 g/mol. The van der Waals surface area contributed by atoms with Gasteiger partial charge in [-0.05, 0) is 18.2 Å². The monoisotopic (exact) mass is 281 g/mol. The molecule has 0 radical (unpaired) electrons. The van der Waals surface area contributed by atoms with Gasteiger partial charge in [-0.25, -0.2) is 4.79 Å². The molecule has 0 N–H and O–H groups in total. The Kier molecular flexibility index (Phi) is 2.72. The van der Waals surface area contributed by atoms with E-state index in [0.717, 1.165) is 24.1 Å². The molecular formula is C17H15NO3. The molecule has 3 aromatic rings. The maximum atomic E-state index is 11.8. The predicted octanol–water partition coefficient (Wildman–Crippen LogP) is 3.15. The number of carbonyl (C=O) groups is 1. The largest absolute Gasteiger partial charge is 0.465 e. The highest BCUT2D eigenvalue weighted by Crippen LogP contribution is 2.34. The van der Waals surface area contributed by atoms with E-state index in [2.05, 4.69) is 16.7 Å². The number of benzene rings is 2. The number of ether oxygens (including phenoxy) is 2. The number of hydrogen-bond acceptors (Lipinski definition) is 3. The molecule has 4 rings (SSSR count). The van der Waals surface area contributed by atoms with Crippen LogP contribution < -0.4 is 0 Å². The highest BCUT2D eigenvalue weighted by molar-refractivity contribution is 6.09. The first-order valence-electron chi connectivity index (χ1n) is 6.98. The molecule has 0 saturated carbocycles. The van der Waals surface area contributed by atoms with Crippen molar-refractivity contribution in [2.24, 2.45) is 0 Å². The molecule has 0 unspecified atom stereocenters. The molecular weight excluding hydrogens is 266 g/mol. The molecule has 0 spiro atoms. The third-order valence-corrected chi connectivity index (χ3v) is 4.12. The lowest BCUT2D eigenvalue weighted by atomic mass is 10.1. The van der Waals surface area contributed by atoms with E-state index in [9.17, 15) is 4.79 Å². The minimum atomic E-state index is -0.307. The molecule has 1 aliphatic heterocycles. The third kappa shape index (κ3) is 1.76. The van der Waals surface area contributed by atoms with Crippen molar-refractivity contribution >= 4 is 27.8 Å². The van der Waals surface area contributed by atoms with Crippen LogP contribution in [0.2, 0.25) is 0 Å². The Morgan fingerprint density at radius 1 is 1.14 bits per heavy atom. The molecule has 1 saturated heterocycles. The summed E-state index contributed by atoms with van der Waals surface area (Å²) in [6, 6.07) is 14.4. The Hall–Kier alpha value is -2.33. The smallest absolute Gasteiger partial charge is 0.337 e. The van der Waals surface area contributed by atoms with Crippen molar-refractivity contribution in [3.8, 4) is 0 Å². The Morgan fingerprint density at radius 2 is 1.90 bits per heavy atom. The number of esters is 1. The topological polar surface area (TPSA) is 40.5 Å². The summed E-state index contributed by atoms with van der Waals surface area (Å²) in [6.45, 7) is 1.44. The van der Waals surface area contributed by atoms with Crippen LogP contribution in [0.1, 0.15) is 16.4 Å². The molecule has 106 valence electrons. The SMILES string of the molecule is COC(=O)c1ccc2c3ccccc3n(C3COC3)c2c1. The zero-order chi connectivity index (χ0) is 14.4. The first-order valence-corrected chi connectivity index (χ1v) is 6.98. The quantitative estimate of drug-likeness (QED) is 0.677. The fourth-order valence-electron chi connectivity index (χ4n) is 3.01. The molecule has 2 aromatic carbocycles. The van der Waals surface area contributed by atoms with Crippen LogP contribution in [-0.2, 0) is 9.47 Å². The second-order valence-electron chi connectivity index (χ2n) is 5.30. The second-order valence-corrected chi connectivity index (χ2v) is 5.30. The molecule has 1 aliphatic rings. The predicted molar refractivity (Wildman–Crippen MR) is 80.6 cm³/mol. The van der Waals surface area contributed by atoms with Crippen LogP contribution in [0.15, 0.2) is 42.5 Å². The Balaban J connectivity index is 2.05. The van der Waals surface area contributed by atoms with Gasteiger partial charge in [0.25, 0.3) is 0 Å². The van der Waals surface area contributed by atoms with E-state index in [1.165, 1.54) is 18.0 Å². The van der Waals surface area contributed by atoms with Crippen molar-refractivity contribution < 1.29 is 14.3 Å². The number of carbonyl (C=O) groups excluding carboxylic acids is 1. The minimum Gasteiger partial charge on any atom is -0.465 e. The van der Waals surface area contributed by atoms with Crippen molar-refractivity contribution in [1.29, 1.82) is 0 Å². The Labute approximate surface area is 121 Å². The van der Waals surface area contributed by atoms with Gasteiger partial charge in [0.2, 0.25) is 0 Å². The Morgan fingerprint density at radius 3 is 2.62 bits per heavy atom. The van der Waals surface area contributed by atoms with Gasteiger partial charge in [-0.3, -0.25) is 0 Å². The van der Waals surface area contributed by atoms with Crippen LogP contribution in [-0.4, -0.2) is 30.9 Å². The molecule has 0 aliphatic carbocycles. The van der Waals surface area contributed by atoms with E-state index in [4.69, 9.17) is 9.47 Å². The summed E-state index contributed by atoms with van der Waals surface area (Å²) in [6.07, 6.45) is 0. The van der Waals surface area contributed by atoms with E-state index in [0.29, 0.717) is 11.6 Å². The van der Waals surface area contributed by atoms with Crippen LogP contribution in [0, 0.1) is 0 Å². The van der Waals surface area contributed by atoms with Gasteiger partial charge in [0, 0.05) is 16.3 Å². The summed E-state index contributed by atoms with van der Waals surface area (Å²) < 4.78 is 12.4. The van der Waals surface area contributed by atoms with E-state index in [1.54, 1.807) is 0 Å². The highest BCUT2D eigenvalue weighted by atomic mass is 16.5. The summed E-state index contributed by atoms with van der Waals surface area (Å²) in [5.41, 5.74) is 2.82. The second kappa shape index (κ2) is 4.60. The van der Waals surface area contributed by atoms with E-state index in [-0.39, 0.29) is 5.97 Å². The van der Waals surface area contributed by atoms with Crippen molar-refractivity contribution in [2.45, 2.75) is 6.04 Å². The number of nitrogens with zero attached hydrogens (tertiary/aromatic N) is 1. The fraction of sp³-hybridized carbons (Fsp3) is 0.235. The average Bonchev–Trinajstić information content (AvgIpc) is 2.79. The molecule has 0 atom stereocenters. The van der Waals surface area contributed by atoms with E-state index >= 15 is 0 Å². The van der Waals surface area contributed by atoms with Crippen LogP contribution in [0.5, 0.6) is 0 Å². The van der Waals surface area contributed by atoms with Gasteiger partial charge < -0.3 is 14.0 Å². The van der Waals surface area contributed by atoms with Gasteiger partial charge in [0.1, 0.15) is 0 Å². The lowest BCUT2D eigenvalue weighted by molar-refractivity contribution is -0.0196. The molecule has 4 heteroatoms. The number of rotatable bonds is 2. The van der Waals surface area contributed by atoms with E-state index in [1.807, 2.05) is 30.3 Å². The molecule has 4 nitrogen and oxygen atoms in total. The third-order valence-electron chi connectivity index (χ3n) is 4.12. The number of aromatic nitrogens is 1. The zero-order valence-corrected chi connectivity index (χ0v) is 11.7. The normalized spacial score (nSPS) is 15.3. The van der Waals surface area contributed by atoms with Crippen LogP contribution in [0.4, 0.5) is 0 Å². The van der Waals surface area contributed by atoms with Crippen LogP contribution in [0.25, 0.3) is 21.8 Å². The standard InChI is InChI=1S/C17H15NO3/c1-20-17(19)11-6-7-14-13-4-2-3-5-15(13)18(16(14)8-11)12-9-21-10-12/h2-8,12H,9-10H2,1H3. The first kappa shape index (κ1) is 12.4. The first-order chi connectivity index (χ1) is 10.3. The van der Waals surface area contributed by atoms with Gasteiger partial charge in [-0.2, -0.15) is 0 Å². The summed E-state index contributed by atoms with van der Waals surface area (Å²) in [5, 5.41) is 2.36. The molecule has 0 amide bonds. The van der Waals surface area contributed by atoms with Gasteiger partial charge in [0.05, 0.1) is 37.4 Å². The number of methoxy groups -OCH3 is 1. The maximum Gasteiger partial charge on any atom is 0.337 e. The zero-order valence-electron chi connectivity index (χ0n) is 11.7. The Bertz CT molecular complexity index is 846. The van der Waals surface area contributed by atoms with Crippen molar-refractivity contribution in [3.63, 3.8) is 0 Å². The summed E-state index contributed by atoms with van der Waals surface area (Å²) in [4.78, 5) is 11.8. The van der Waals surface area contributed by atoms with Gasteiger partial charge in [-0.15, -0.1) is 0 Å².